The molecule has 1 aromatic rings. The lowest BCUT2D eigenvalue weighted by atomic mass is 10.0. The molecule has 1 unspecified atom stereocenters. The fourth-order valence-corrected chi connectivity index (χ4v) is 3.45. The summed E-state index contributed by atoms with van der Waals surface area (Å²) in [6.07, 6.45) is 0. The van der Waals surface area contributed by atoms with E-state index in [1.165, 1.54) is 5.56 Å². The highest BCUT2D eigenvalue weighted by Gasteiger charge is 2.31. The molecule has 0 aromatic heterocycles. The molecule has 0 bridgehead atoms. The van der Waals surface area contributed by atoms with Crippen LogP contribution in [0.2, 0.25) is 0 Å². The fourth-order valence-electron chi connectivity index (χ4n) is 2.05. The molecule has 2 N–H and O–H groups in total. The Labute approximate surface area is 101 Å². The van der Waals surface area contributed by atoms with Gasteiger partial charge >= 0.3 is 0 Å². The molecule has 1 saturated heterocycles. The first-order valence-corrected chi connectivity index (χ1v) is 6.63. The summed E-state index contributed by atoms with van der Waals surface area (Å²) in [4.78, 5) is 0. The predicted octanol–water partition coefficient (Wildman–Crippen LogP) is 3.12. The summed E-state index contributed by atoms with van der Waals surface area (Å²) in [6, 6.07) is 4.16. The van der Waals surface area contributed by atoms with E-state index in [1.807, 2.05) is 25.6 Å². The first-order valence-electron chi connectivity index (χ1n) is 5.58. The van der Waals surface area contributed by atoms with Crippen molar-refractivity contribution in [1.82, 2.24) is 5.32 Å². The molecule has 0 amide bonds. The van der Waals surface area contributed by atoms with Crippen LogP contribution >= 0.6 is 11.8 Å². The minimum absolute atomic E-state index is 0.203. The van der Waals surface area contributed by atoms with Crippen molar-refractivity contribution in [2.75, 3.05) is 5.75 Å². The zero-order chi connectivity index (χ0) is 11.9. The second-order valence-corrected chi connectivity index (χ2v) is 6.32. The Bertz CT molecular complexity index is 391. The normalized spacial score (nSPS) is 23.6. The maximum absolute atomic E-state index is 9.75. The molecule has 0 spiro atoms. The summed E-state index contributed by atoms with van der Waals surface area (Å²) in [7, 11) is 0. The van der Waals surface area contributed by atoms with Gasteiger partial charge in [0.15, 0.2) is 0 Å². The van der Waals surface area contributed by atoms with E-state index >= 15 is 0 Å². The van der Waals surface area contributed by atoms with E-state index in [9.17, 15) is 5.11 Å². The number of phenolic OH excluding ortho intramolecular Hbond substituents is 1. The number of rotatable bonds is 1. The zero-order valence-corrected chi connectivity index (χ0v) is 11.1. The lowest BCUT2D eigenvalue weighted by Gasteiger charge is -2.19. The largest absolute Gasteiger partial charge is 0.507 e. The van der Waals surface area contributed by atoms with Gasteiger partial charge in [-0.15, -0.1) is 11.8 Å². The third-order valence-corrected chi connectivity index (χ3v) is 4.56. The standard InChI is InChI=1S/C13H19NOS/c1-8-5-10(6-9(2)11(8)15)12-14-13(3,4)7-16-12/h5-6,12,14-15H,7H2,1-4H3. The predicted molar refractivity (Wildman–Crippen MR) is 70.0 cm³/mol. The summed E-state index contributed by atoms with van der Waals surface area (Å²) in [6.45, 7) is 8.35. The highest BCUT2D eigenvalue weighted by Crippen LogP contribution is 2.39. The zero-order valence-electron chi connectivity index (χ0n) is 10.3. The number of phenols is 1. The molecule has 1 heterocycles. The Balaban J connectivity index is 2.29. The van der Waals surface area contributed by atoms with Crippen molar-refractivity contribution in [3.63, 3.8) is 0 Å². The van der Waals surface area contributed by atoms with Crippen molar-refractivity contribution in [3.05, 3.63) is 28.8 Å². The summed E-state index contributed by atoms with van der Waals surface area (Å²) in [5.41, 5.74) is 3.39. The molecular formula is C13H19NOS. The van der Waals surface area contributed by atoms with E-state index in [2.05, 4.69) is 31.3 Å². The molecule has 16 heavy (non-hydrogen) atoms. The van der Waals surface area contributed by atoms with E-state index in [4.69, 9.17) is 0 Å². The van der Waals surface area contributed by atoms with E-state index < -0.39 is 0 Å². The number of aryl methyl sites for hydroxylation is 2. The van der Waals surface area contributed by atoms with Crippen molar-refractivity contribution in [3.8, 4) is 5.75 Å². The Morgan fingerprint density at radius 1 is 1.31 bits per heavy atom. The van der Waals surface area contributed by atoms with Crippen LogP contribution in [0.3, 0.4) is 0 Å². The summed E-state index contributed by atoms with van der Waals surface area (Å²) < 4.78 is 0. The van der Waals surface area contributed by atoms with E-state index in [0.717, 1.165) is 16.9 Å². The highest BCUT2D eigenvalue weighted by atomic mass is 32.2. The molecule has 1 aromatic carbocycles. The molecule has 88 valence electrons. The van der Waals surface area contributed by atoms with Crippen LogP contribution in [-0.4, -0.2) is 16.4 Å². The van der Waals surface area contributed by atoms with Crippen molar-refractivity contribution in [1.29, 1.82) is 0 Å². The van der Waals surface area contributed by atoms with E-state index in [0.29, 0.717) is 11.1 Å². The maximum atomic E-state index is 9.75. The average Bonchev–Trinajstić information content (AvgIpc) is 2.54. The summed E-state index contributed by atoms with van der Waals surface area (Å²) in [5.74, 6) is 1.54. The SMILES string of the molecule is Cc1cc(C2NC(C)(C)CS2)cc(C)c1O. The van der Waals surface area contributed by atoms with Gasteiger partial charge < -0.3 is 5.11 Å². The third-order valence-electron chi connectivity index (χ3n) is 2.95. The third kappa shape index (κ3) is 2.20. The summed E-state index contributed by atoms with van der Waals surface area (Å²) >= 11 is 1.93. The van der Waals surface area contributed by atoms with Crippen molar-refractivity contribution < 1.29 is 5.11 Å². The molecule has 1 aliphatic heterocycles. The molecule has 2 nitrogen and oxygen atoms in total. The van der Waals surface area contributed by atoms with Crippen LogP contribution in [0.4, 0.5) is 0 Å². The molecule has 3 heteroatoms. The summed E-state index contributed by atoms with van der Waals surface area (Å²) in [5, 5.41) is 13.7. The van der Waals surface area contributed by atoms with E-state index in [1.54, 1.807) is 0 Å². The van der Waals surface area contributed by atoms with Crippen LogP contribution in [0, 0.1) is 13.8 Å². The van der Waals surface area contributed by atoms with Gasteiger partial charge in [-0.1, -0.05) is 0 Å². The second kappa shape index (κ2) is 3.97. The minimum Gasteiger partial charge on any atom is -0.507 e. The number of aromatic hydroxyl groups is 1. The molecule has 0 aliphatic carbocycles. The van der Waals surface area contributed by atoms with Gasteiger partial charge in [0.25, 0.3) is 0 Å². The van der Waals surface area contributed by atoms with Crippen LogP contribution in [0.25, 0.3) is 0 Å². The van der Waals surface area contributed by atoms with Crippen molar-refractivity contribution in [2.24, 2.45) is 0 Å². The first kappa shape index (κ1) is 11.8. The van der Waals surface area contributed by atoms with Gasteiger partial charge in [-0.25, -0.2) is 0 Å². The first-order chi connectivity index (χ1) is 7.39. The number of thioether (sulfide) groups is 1. The van der Waals surface area contributed by atoms with Gasteiger partial charge in [0.1, 0.15) is 5.75 Å². The Hall–Kier alpha value is -0.670. The van der Waals surface area contributed by atoms with Gasteiger partial charge in [0.2, 0.25) is 0 Å². The number of hydrogen-bond acceptors (Lipinski definition) is 3. The van der Waals surface area contributed by atoms with E-state index in [-0.39, 0.29) is 5.54 Å². The topological polar surface area (TPSA) is 32.3 Å². The molecule has 1 aliphatic rings. The monoisotopic (exact) mass is 237 g/mol. The minimum atomic E-state index is 0.203. The Kier molecular flexibility index (Phi) is 2.93. The molecule has 1 atom stereocenters. The quantitative estimate of drug-likeness (QED) is 0.787. The molecule has 0 radical (unpaired) electrons. The Morgan fingerprint density at radius 2 is 1.88 bits per heavy atom. The van der Waals surface area contributed by atoms with Gasteiger partial charge in [0.05, 0.1) is 5.37 Å². The van der Waals surface area contributed by atoms with Crippen LogP contribution < -0.4 is 5.32 Å². The lowest BCUT2D eigenvalue weighted by molar-refractivity contribution is 0.450. The number of nitrogens with one attached hydrogen (secondary N) is 1. The van der Waals surface area contributed by atoms with Crippen molar-refractivity contribution >= 4 is 11.8 Å². The molecule has 1 fully saturated rings. The number of benzene rings is 1. The van der Waals surface area contributed by atoms with Crippen LogP contribution in [0.5, 0.6) is 5.75 Å². The molecular weight excluding hydrogens is 218 g/mol. The number of hydrogen-bond donors (Lipinski definition) is 2. The van der Waals surface area contributed by atoms with Gasteiger partial charge in [-0.3, -0.25) is 5.32 Å². The smallest absolute Gasteiger partial charge is 0.121 e. The second-order valence-electron chi connectivity index (χ2n) is 5.22. The van der Waals surface area contributed by atoms with Gasteiger partial charge in [-0.2, -0.15) is 0 Å². The van der Waals surface area contributed by atoms with Crippen LogP contribution in [-0.2, 0) is 0 Å². The van der Waals surface area contributed by atoms with Crippen LogP contribution in [0.15, 0.2) is 12.1 Å². The average molecular weight is 237 g/mol. The van der Waals surface area contributed by atoms with Gasteiger partial charge in [0, 0.05) is 11.3 Å². The molecule has 0 saturated carbocycles. The maximum Gasteiger partial charge on any atom is 0.121 e. The van der Waals surface area contributed by atoms with Crippen molar-refractivity contribution in [2.45, 2.75) is 38.6 Å². The molecule has 2 rings (SSSR count). The lowest BCUT2D eigenvalue weighted by Crippen LogP contribution is -2.35. The highest BCUT2D eigenvalue weighted by molar-refractivity contribution is 7.99. The Morgan fingerprint density at radius 3 is 2.31 bits per heavy atom. The van der Waals surface area contributed by atoms with Gasteiger partial charge in [-0.05, 0) is 56.5 Å². The fraction of sp³-hybridized carbons (Fsp3) is 0.538. The van der Waals surface area contributed by atoms with Crippen LogP contribution in [0.1, 0.15) is 35.9 Å².